The van der Waals surface area contributed by atoms with Crippen molar-refractivity contribution < 1.29 is 18.0 Å². The summed E-state index contributed by atoms with van der Waals surface area (Å²) in [4.78, 5) is 16.7. The highest BCUT2D eigenvalue weighted by atomic mass is 32.2. The molecule has 0 unspecified atom stereocenters. The number of carbonyl (C=O) groups is 1. The summed E-state index contributed by atoms with van der Waals surface area (Å²) in [5.74, 6) is -1.88. The van der Waals surface area contributed by atoms with Crippen LogP contribution < -0.4 is 0 Å². The van der Waals surface area contributed by atoms with E-state index in [2.05, 4.69) is 4.98 Å². The van der Waals surface area contributed by atoms with Gasteiger partial charge in [-0.3, -0.25) is 9.78 Å². The van der Waals surface area contributed by atoms with Crippen LogP contribution in [0.25, 0.3) is 10.9 Å². The zero-order valence-corrected chi connectivity index (χ0v) is 12.5. The zero-order chi connectivity index (χ0) is 16.4. The maximum absolute atomic E-state index is 12.9. The molecule has 0 N–H and O–H groups in total. The molecule has 0 radical (unpaired) electrons. The highest BCUT2D eigenvalue weighted by Crippen LogP contribution is 2.37. The highest BCUT2D eigenvalue weighted by Gasteiger charge is 2.41. The molecule has 0 saturated carbocycles. The van der Waals surface area contributed by atoms with Gasteiger partial charge in [0, 0.05) is 21.4 Å². The Labute approximate surface area is 134 Å². The normalized spacial score (nSPS) is 11.6. The molecule has 2 nitrogen and oxygen atoms in total. The van der Waals surface area contributed by atoms with Gasteiger partial charge >= 0.3 is 6.18 Å². The van der Waals surface area contributed by atoms with Crippen LogP contribution in [0.1, 0.15) is 10.4 Å². The quantitative estimate of drug-likeness (QED) is 0.622. The minimum atomic E-state index is -4.93. The van der Waals surface area contributed by atoms with Crippen molar-refractivity contribution in [3.8, 4) is 0 Å². The van der Waals surface area contributed by atoms with Gasteiger partial charge in [0.05, 0.1) is 11.1 Å². The molecule has 3 aromatic rings. The lowest BCUT2D eigenvalue weighted by molar-refractivity contribution is -0.0887. The molecule has 0 saturated heterocycles. The summed E-state index contributed by atoms with van der Waals surface area (Å²) in [6.07, 6.45) is -3.93. The molecule has 1 aromatic heterocycles. The number of para-hydroxylation sites is 1. The number of Topliss-reactive ketones (excluding diaryl/α,β-unsaturated/α-hetero) is 1. The molecule has 0 bridgehead atoms. The number of hydrogen-bond donors (Lipinski definition) is 0. The molecular weight excluding hydrogens is 323 g/mol. The number of fused-ring (bicyclic) bond motifs is 1. The van der Waals surface area contributed by atoms with Crippen LogP contribution in [0.4, 0.5) is 13.2 Å². The topological polar surface area (TPSA) is 30.0 Å². The van der Waals surface area contributed by atoms with Crippen LogP contribution in [-0.4, -0.2) is 16.9 Å². The van der Waals surface area contributed by atoms with Crippen molar-refractivity contribution in [2.75, 3.05) is 0 Å². The second-order valence-corrected chi connectivity index (χ2v) is 5.84. The van der Waals surface area contributed by atoms with Gasteiger partial charge in [-0.05, 0) is 18.2 Å². The molecule has 0 fully saturated rings. The fraction of sp³-hybridized carbons (Fsp3) is 0.0588. The summed E-state index contributed by atoms with van der Waals surface area (Å²) in [5, 5.41) is 0.524. The smallest absolute Gasteiger partial charge is 0.284 e. The predicted octanol–water partition coefficient (Wildman–Crippen LogP) is 5.13. The van der Waals surface area contributed by atoms with E-state index in [1.54, 1.807) is 48.5 Å². The summed E-state index contributed by atoms with van der Waals surface area (Å²) < 4.78 is 38.6. The van der Waals surface area contributed by atoms with E-state index in [1.165, 1.54) is 0 Å². The van der Waals surface area contributed by atoms with Crippen molar-refractivity contribution >= 4 is 28.4 Å². The fourth-order valence-electron chi connectivity index (χ4n) is 2.15. The predicted molar refractivity (Wildman–Crippen MR) is 82.7 cm³/mol. The zero-order valence-electron chi connectivity index (χ0n) is 11.7. The molecule has 0 atom stereocenters. The van der Waals surface area contributed by atoms with E-state index in [0.717, 1.165) is 22.9 Å². The molecule has 1 heterocycles. The van der Waals surface area contributed by atoms with Crippen molar-refractivity contribution in [3.05, 3.63) is 66.4 Å². The fourth-order valence-corrected chi connectivity index (χ4v) is 3.21. The van der Waals surface area contributed by atoms with E-state index in [9.17, 15) is 18.0 Å². The number of aromatic nitrogens is 1. The number of alkyl halides is 3. The molecule has 0 aliphatic carbocycles. The second-order valence-electron chi connectivity index (χ2n) is 4.76. The van der Waals surface area contributed by atoms with Crippen LogP contribution >= 0.6 is 11.8 Å². The average Bonchev–Trinajstić information content (AvgIpc) is 2.55. The maximum Gasteiger partial charge on any atom is 0.454 e. The number of pyridine rings is 1. The summed E-state index contributed by atoms with van der Waals surface area (Å²) in [6.45, 7) is 0. The van der Waals surface area contributed by atoms with E-state index < -0.39 is 17.5 Å². The third-order valence-corrected chi connectivity index (χ3v) is 4.34. The Morgan fingerprint density at radius 1 is 0.957 bits per heavy atom. The number of rotatable bonds is 3. The minimum absolute atomic E-state index is 0.268. The molecule has 116 valence electrons. The summed E-state index contributed by atoms with van der Waals surface area (Å²) >= 11 is 1.13. The Hall–Kier alpha value is -2.34. The number of benzene rings is 2. The third-order valence-electron chi connectivity index (χ3n) is 3.19. The molecule has 0 spiro atoms. The third kappa shape index (κ3) is 3.22. The van der Waals surface area contributed by atoms with Crippen LogP contribution in [0, 0.1) is 0 Å². The van der Waals surface area contributed by atoms with Crippen LogP contribution in [0.15, 0.2) is 70.6 Å². The first-order valence-corrected chi connectivity index (χ1v) is 7.50. The van der Waals surface area contributed by atoms with Gasteiger partial charge in [0.15, 0.2) is 0 Å². The van der Waals surface area contributed by atoms with E-state index in [1.807, 2.05) is 6.07 Å². The van der Waals surface area contributed by atoms with E-state index in [0.29, 0.717) is 10.9 Å². The highest BCUT2D eigenvalue weighted by molar-refractivity contribution is 7.99. The summed E-state index contributed by atoms with van der Waals surface area (Å²) in [5.41, 5.74) is 0.120. The molecule has 0 aliphatic rings. The van der Waals surface area contributed by atoms with Crippen molar-refractivity contribution in [2.24, 2.45) is 0 Å². The van der Waals surface area contributed by atoms with E-state index in [4.69, 9.17) is 0 Å². The van der Waals surface area contributed by atoms with Gasteiger partial charge in [0.1, 0.15) is 0 Å². The lowest BCUT2D eigenvalue weighted by Crippen LogP contribution is -2.23. The van der Waals surface area contributed by atoms with Crippen molar-refractivity contribution in [3.63, 3.8) is 0 Å². The largest absolute Gasteiger partial charge is 0.454 e. The molecule has 6 heteroatoms. The van der Waals surface area contributed by atoms with Gasteiger partial charge in [-0.2, -0.15) is 13.2 Å². The first-order chi connectivity index (χ1) is 11.0. The standard InChI is InChI=1S/C17H10F3NOS/c18-17(19,20)16(22)13-10-21-14-9-5-4-8-12(14)15(13)23-11-6-2-1-3-7-11/h1-10H. The summed E-state index contributed by atoms with van der Waals surface area (Å²) in [6, 6.07) is 15.8. The Morgan fingerprint density at radius 2 is 1.61 bits per heavy atom. The van der Waals surface area contributed by atoms with Gasteiger partial charge in [-0.25, -0.2) is 0 Å². The summed E-state index contributed by atoms with van der Waals surface area (Å²) in [7, 11) is 0. The Bertz CT molecular complexity index is 863. The van der Waals surface area contributed by atoms with Crippen LogP contribution in [0.5, 0.6) is 0 Å². The van der Waals surface area contributed by atoms with Gasteiger partial charge in [-0.15, -0.1) is 0 Å². The Kier molecular flexibility index (Phi) is 4.09. The molecule has 0 amide bonds. The van der Waals surface area contributed by atoms with Crippen LogP contribution in [-0.2, 0) is 0 Å². The molecule has 2 aromatic carbocycles. The lowest BCUT2D eigenvalue weighted by atomic mass is 10.1. The van der Waals surface area contributed by atoms with Crippen molar-refractivity contribution in [2.45, 2.75) is 16.0 Å². The maximum atomic E-state index is 12.9. The SMILES string of the molecule is O=C(c1cnc2ccccc2c1Sc1ccccc1)C(F)(F)F. The number of ketones is 1. The first-order valence-electron chi connectivity index (χ1n) is 6.69. The van der Waals surface area contributed by atoms with Crippen LogP contribution in [0.2, 0.25) is 0 Å². The minimum Gasteiger partial charge on any atom is -0.284 e. The van der Waals surface area contributed by atoms with E-state index in [-0.39, 0.29) is 4.90 Å². The molecule has 3 rings (SSSR count). The van der Waals surface area contributed by atoms with Crippen molar-refractivity contribution in [1.82, 2.24) is 4.98 Å². The number of hydrogen-bond acceptors (Lipinski definition) is 3. The number of halogens is 3. The van der Waals surface area contributed by atoms with Crippen LogP contribution in [0.3, 0.4) is 0 Å². The van der Waals surface area contributed by atoms with Gasteiger partial charge in [-0.1, -0.05) is 48.2 Å². The number of nitrogens with zero attached hydrogens (tertiary/aromatic N) is 1. The molecular formula is C17H10F3NOS. The van der Waals surface area contributed by atoms with E-state index >= 15 is 0 Å². The number of carbonyl (C=O) groups excluding carboxylic acids is 1. The molecule has 0 aliphatic heterocycles. The van der Waals surface area contributed by atoms with Gasteiger partial charge in [0.25, 0.3) is 5.78 Å². The monoisotopic (exact) mass is 333 g/mol. The first kappa shape index (κ1) is 15.6. The second kappa shape index (κ2) is 6.04. The average molecular weight is 333 g/mol. The lowest BCUT2D eigenvalue weighted by Gasteiger charge is -2.13. The molecule has 23 heavy (non-hydrogen) atoms. The van der Waals surface area contributed by atoms with Gasteiger partial charge in [0.2, 0.25) is 0 Å². The Balaban J connectivity index is 2.20. The van der Waals surface area contributed by atoms with Gasteiger partial charge < -0.3 is 0 Å². The Morgan fingerprint density at radius 3 is 2.30 bits per heavy atom. The van der Waals surface area contributed by atoms with Crippen molar-refractivity contribution in [1.29, 1.82) is 0 Å².